The number of aromatic hydroxyl groups is 1. The third kappa shape index (κ3) is 1.96. The van der Waals surface area contributed by atoms with Crippen molar-refractivity contribution in [3.05, 3.63) is 47.0 Å². The molecule has 3 aromatic rings. The van der Waals surface area contributed by atoms with Crippen molar-refractivity contribution in [1.82, 2.24) is 9.55 Å². The smallest absolute Gasteiger partial charge is 0.141 e. The standard InChI is InChI=1S/C15H13ClN2O/c1-9-7-11(19)4-5-12(9)15-17-13-6-3-10(16)8-14(13)18(15)2/h3-8,19H,1-2H3. The van der Waals surface area contributed by atoms with Crippen LogP contribution in [0.15, 0.2) is 36.4 Å². The average Bonchev–Trinajstić information content (AvgIpc) is 2.67. The number of halogens is 1. The average molecular weight is 273 g/mol. The Hall–Kier alpha value is -2.00. The van der Waals surface area contributed by atoms with E-state index >= 15 is 0 Å². The fourth-order valence-corrected chi connectivity index (χ4v) is 2.47. The second-order valence-electron chi connectivity index (χ2n) is 4.63. The predicted molar refractivity (Wildman–Crippen MR) is 77.6 cm³/mol. The molecule has 96 valence electrons. The molecule has 1 N–H and O–H groups in total. The van der Waals surface area contributed by atoms with Crippen LogP contribution < -0.4 is 0 Å². The van der Waals surface area contributed by atoms with Crippen LogP contribution in [0.2, 0.25) is 5.02 Å². The summed E-state index contributed by atoms with van der Waals surface area (Å²) in [4.78, 5) is 4.64. The van der Waals surface area contributed by atoms with E-state index in [0.717, 1.165) is 28.0 Å². The molecule has 0 unspecified atom stereocenters. The van der Waals surface area contributed by atoms with E-state index in [4.69, 9.17) is 11.6 Å². The highest BCUT2D eigenvalue weighted by molar-refractivity contribution is 6.31. The quantitative estimate of drug-likeness (QED) is 0.729. The maximum atomic E-state index is 9.49. The van der Waals surface area contributed by atoms with Gasteiger partial charge in [-0.3, -0.25) is 0 Å². The molecule has 0 spiro atoms. The number of rotatable bonds is 1. The van der Waals surface area contributed by atoms with Crippen molar-refractivity contribution in [1.29, 1.82) is 0 Å². The minimum Gasteiger partial charge on any atom is -0.508 e. The van der Waals surface area contributed by atoms with Gasteiger partial charge < -0.3 is 9.67 Å². The van der Waals surface area contributed by atoms with Gasteiger partial charge in [-0.25, -0.2) is 4.98 Å². The maximum Gasteiger partial charge on any atom is 0.141 e. The zero-order chi connectivity index (χ0) is 13.6. The summed E-state index contributed by atoms with van der Waals surface area (Å²) in [5, 5.41) is 10.2. The molecule has 0 amide bonds. The molecule has 0 atom stereocenters. The first kappa shape index (κ1) is 12.1. The Bertz CT molecular complexity index is 777. The topological polar surface area (TPSA) is 38.1 Å². The first-order valence-electron chi connectivity index (χ1n) is 5.98. The van der Waals surface area contributed by atoms with Gasteiger partial charge in [-0.15, -0.1) is 0 Å². The molecule has 0 aliphatic rings. The van der Waals surface area contributed by atoms with Crippen molar-refractivity contribution in [2.75, 3.05) is 0 Å². The summed E-state index contributed by atoms with van der Waals surface area (Å²) in [7, 11) is 1.97. The summed E-state index contributed by atoms with van der Waals surface area (Å²) in [5.74, 6) is 1.14. The SMILES string of the molecule is Cc1cc(O)ccc1-c1nc2ccc(Cl)cc2n1C. The van der Waals surface area contributed by atoms with Gasteiger partial charge in [0.1, 0.15) is 11.6 Å². The van der Waals surface area contributed by atoms with E-state index in [0.29, 0.717) is 5.02 Å². The van der Waals surface area contributed by atoms with E-state index < -0.39 is 0 Å². The Kier molecular flexibility index (Phi) is 2.72. The van der Waals surface area contributed by atoms with Gasteiger partial charge in [-0.1, -0.05) is 11.6 Å². The second-order valence-corrected chi connectivity index (χ2v) is 5.06. The van der Waals surface area contributed by atoms with Crippen LogP contribution in [-0.2, 0) is 7.05 Å². The predicted octanol–water partition coefficient (Wildman–Crippen LogP) is 3.91. The van der Waals surface area contributed by atoms with Crippen molar-refractivity contribution < 1.29 is 5.11 Å². The van der Waals surface area contributed by atoms with Crippen molar-refractivity contribution in [3.63, 3.8) is 0 Å². The van der Waals surface area contributed by atoms with Crippen molar-refractivity contribution >= 4 is 22.6 Å². The molecule has 2 aromatic carbocycles. The summed E-state index contributed by atoms with van der Waals surface area (Å²) in [6.07, 6.45) is 0. The van der Waals surface area contributed by atoms with Crippen LogP contribution in [0.3, 0.4) is 0 Å². The van der Waals surface area contributed by atoms with Crippen LogP contribution in [0.25, 0.3) is 22.4 Å². The molecule has 0 saturated heterocycles. The van der Waals surface area contributed by atoms with Gasteiger partial charge in [0.15, 0.2) is 0 Å². The number of phenols is 1. The number of phenolic OH excluding ortho intramolecular Hbond substituents is 1. The minimum atomic E-state index is 0.267. The molecule has 0 saturated carbocycles. The summed E-state index contributed by atoms with van der Waals surface area (Å²) < 4.78 is 2.01. The minimum absolute atomic E-state index is 0.267. The molecular weight excluding hydrogens is 260 g/mol. The van der Waals surface area contributed by atoms with E-state index in [1.54, 1.807) is 12.1 Å². The van der Waals surface area contributed by atoms with E-state index in [1.807, 2.05) is 42.8 Å². The Morgan fingerprint density at radius 2 is 1.95 bits per heavy atom. The lowest BCUT2D eigenvalue weighted by molar-refractivity contribution is 0.475. The Morgan fingerprint density at radius 1 is 1.16 bits per heavy atom. The molecule has 0 fully saturated rings. The molecule has 3 nitrogen and oxygen atoms in total. The van der Waals surface area contributed by atoms with Crippen LogP contribution in [0, 0.1) is 6.92 Å². The summed E-state index contributed by atoms with van der Waals surface area (Å²) in [6.45, 7) is 1.96. The molecule has 3 rings (SSSR count). The van der Waals surface area contributed by atoms with Crippen LogP contribution in [0.5, 0.6) is 5.75 Å². The second kappa shape index (κ2) is 4.28. The van der Waals surface area contributed by atoms with E-state index in [2.05, 4.69) is 4.98 Å². The van der Waals surface area contributed by atoms with Gasteiger partial charge in [0.25, 0.3) is 0 Å². The number of nitrogens with zero attached hydrogens (tertiary/aromatic N) is 2. The van der Waals surface area contributed by atoms with Gasteiger partial charge in [-0.2, -0.15) is 0 Å². The third-order valence-corrected chi connectivity index (χ3v) is 3.53. The summed E-state index contributed by atoms with van der Waals surface area (Å²) >= 11 is 6.02. The highest BCUT2D eigenvalue weighted by Crippen LogP contribution is 2.29. The first-order valence-corrected chi connectivity index (χ1v) is 6.36. The fraction of sp³-hybridized carbons (Fsp3) is 0.133. The van der Waals surface area contributed by atoms with Crippen molar-refractivity contribution in [2.24, 2.45) is 7.05 Å². The highest BCUT2D eigenvalue weighted by atomic mass is 35.5. The molecule has 0 aliphatic carbocycles. The number of hydrogen-bond acceptors (Lipinski definition) is 2. The molecular formula is C15H13ClN2O. The summed E-state index contributed by atoms with van der Waals surface area (Å²) in [5.41, 5.74) is 3.90. The van der Waals surface area contributed by atoms with Gasteiger partial charge in [-0.05, 0) is 48.9 Å². The molecule has 19 heavy (non-hydrogen) atoms. The number of imidazole rings is 1. The number of benzene rings is 2. The normalized spacial score (nSPS) is 11.1. The Balaban J connectivity index is 2.28. The largest absolute Gasteiger partial charge is 0.508 e. The lowest BCUT2D eigenvalue weighted by Gasteiger charge is -2.06. The lowest BCUT2D eigenvalue weighted by Crippen LogP contribution is -1.94. The highest BCUT2D eigenvalue weighted by Gasteiger charge is 2.12. The molecule has 0 radical (unpaired) electrons. The van der Waals surface area contributed by atoms with Crippen LogP contribution in [0.1, 0.15) is 5.56 Å². The number of aromatic nitrogens is 2. The van der Waals surface area contributed by atoms with Crippen molar-refractivity contribution in [3.8, 4) is 17.1 Å². The third-order valence-electron chi connectivity index (χ3n) is 3.29. The zero-order valence-electron chi connectivity index (χ0n) is 10.7. The monoisotopic (exact) mass is 272 g/mol. The first-order chi connectivity index (χ1) is 9.06. The van der Waals surface area contributed by atoms with E-state index in [9.17, 15) is 5.11 Å². The molecule has 1 aromatic heterocycles. The van der Waals surface area contributed by atoms with Crippen LogP contribution >= 0.6 is 11.6 Å². The Morgan fingerprint density at radius 3 is 2.68 bits per heavy atom. The Labute approximate surface area is 116 Å². The fourth-order valence-electron chi connectivity index (χ4n) is 2.30. The number of fused-ring (bicyclic) bond motifs is 1. The van der Waals surface area contributed by atoms with Gasteiger partial charge in [0, 0.05) is 17.6 Å². The molecule has 0 bridgehead atoms. The molecule has 0 aliphatic heterocycles. The maximum absolute atomic E-state index is 9.49. The van der Waals surface area contributed by atoms with E-state index in [-0.39, 0.29) is 5.75 Å². The molecule has 1 heterocycles. The number of aryl methyl sites for hydroxylation is 2. The van der Waals surface area contributed by atoms with Crippen LogP contribution in [0.4, 0.5) is 0 Å². The molecule has 4 heteroatoms. The van der Waals surface area contributed by atoms with Crippen molar-refractivity contribution in [2.45, 2.75) is 6.92 Å². The lowest BCUT2D eigenvalue weighted by atomic mass is 10.1. The van der Waals surface area contributed by atoms with Crippen LogP contribution in [-0.4, -0.2) is 14.7 Å². The van der Waals surface area contributed by atoms with Gasteiger partial charge >= 0.3 is 0 Å². The van der Waals surface area contributed by atoms with Gasteiger partial charge in [0.05, 0.1) is 11.0 Å². The van der Waals surface area contributed by atoms with E-state index in [1.165, 1.54) is 0 Å². The zero-order valence-corrected chi connectivity index (χ0v) is 11.4. The number of hydrogen-bond donors (Lipinski definition) is 1. The summed E-state index contributed by atoms with van der Waals surface area (Å²) in [6, 6.07) is 11.0. The van der Waals surface area contributed by atoms with Gasteiger partial charge in [0.2, 0.25) is 0 Å².